The van der Waals surface area contributed by atoms with Gasteiger partial charge in [0.25, 0.3) is 0 Å². The van der Waals surface area contributed by atoms with Gasteiger partial charge in [0.2, 0.25) is 0 Å². The maximum atomic E-state index is 6.15. The van der Waals surface area contributed by atoms with Crippen molar-refractivity contribution in [1.82, 2.24) is 0 Å². The van der Waals surface area contributed by atoms with Crippen molar-refractivity contribution in [3.8, 4) is 0 Å². The quantitative estimate of drug-likeness (QED) is 0.800. The minimum atomic E-state index is 0.652. The van der Waals surface area contributed by atoms with Gasteiger partial charge in [-0.1, -0.05) is 31.5 Å². The molecule has 0 aliphatic carbocycles. The molecule has 0 aliphatic rings. The highest BCUT2D eigenvalue weighted by atomic mass is 35.5. The molecular formula is C12H18ClNS. The average molecular weight is 244 g/mol. The molecule has 0 heterocycles. The first-order valence-electron chi connectivity index (χ1n) is 5.25. The number of rotatable bonds is 5. The summed E-state index contributed by atoms with van der Waals surface area (Å²) in [5.41, 5.74) is 6.79. The van der Waals surface area contributed by atoms with Gasteiger partial charge in [-0.3, -0.25) is 0 Å². The molecule has 1 aromatic rings. The SMILES string of the molecule is CC(C)CSc1cccc(Cl)c1CCN. The van der Waals surface area contributed by atoms with Gasteiger partial charge in [0.1, 0.15) is 0 Å². The molecule has 0 bridgehead atoms. The van der Waals surface area contributed by atoms with Crippen LogP contribution in [0.2, 0.25) is 5.02 Å². The van der Waals surface area contributed by atoms with Gasteiger partial charge in [-0.25, -0.2) is 0 Å². The van der Waals surface area contributed by atoms with Crippen LogP contribution in [0.25, 0.3) is 0 Å². The topological polar surface area (TPSA) is 26.0 Å². The first-order chi connectivity index (χ1) is 7.15. The van der Waals surface area contributed by atoms with E-state index in [0.717, 1.165) is 17.2 Å². The summed E-state index contributed by atoms with van der Waals surface area (Å²) in [5.74, 6) is 1.82. The number of halogens is 1. The smallest absolute Gasteiger partial charge is 0.0449 e. The molecule has 0 spiro atoms. The predicted octanol–water partition coefficient (Wildman–Crippen LogP) is 3.59. The minimum Gasteiger partial charge on any atom is -0.330 e. The van der Waals surface area contributed by atoms with E-state index in [1.54, 1.807) is 0 Å². The van der Waals surface area contributed by atoms with Crippen molar-refractivity contribution in [3.63, 3.8) is 0 Å². The number of thioether (sulfide) groups is 1. The Morgan fingerprint density at radius 2 is 2.13 bits per heavy atom. The van der Waals surface area contributed by atoms with Crippen LogP contribution in [0.1, 0.15) is 19.4 Å². The second kappa shape index (κ2) is 6.41. The van der Waals surface area contributed by atoms with Crippen LogP contribution >= 0.6 is 23.4 Å². The van der Waals surface area contributed by atoms with Gasteiger partial charge in [-0.15, -0.1) is 11.8 Å². The highest BCUT2D eigenvalue weighted by Gasteiger charge is 2.07. The van der Waals surface area contributed by atoms with Crippen molar-refractivity contribution in [1.29, 1.82) is 0 Å². The van der Waals surface area contributed by atoms with Crippen LogP contribution in [0, 0.1) is 5.92 Å². The number of hydrogen-bond acceptors (Lipinski definition) is 2. The summed E-state index contributed by atoms with van der Waals surface area (Å²) in [6.07, 6.45) is 0.861. The molecule has 0 aliphatic heterocycles. The summed E-state index contributed by atoms with van der Waals surface area (Å²) in [7, 11) is 0. The Balaban J connectivity index is 2.80. The summed E-state index contributed by atoms with van der Waals surface area (Å²) in [6, 6.07) is 6.07. The second-order valence-electron chi connectivity index (χ2n) is 3.96. The minimum absolute atomic E-state index is 0.652. The van der Waals surface area contributed by atoms with Gasteiger partial charge < -0.3 is 5.73 Å². The van der Waals surface area contributed by atoms with E-state index in [4.69, 9.17) is 17.3 Å². The maximum Gasteiger partial charge on any atom is 0.0449 e. The maximum absolute atomic E-state index is 6.15. The van der Waals surface area contributed by atoms with E-state index in [1.807, 2.05) is 23.9 Å². The molecule has 0 radical (unpaired) electrons. The van der Waals surface area contributed by atoms with Crippen LogP contribution in [0.4, 0.5) is 0 Å². The fourth-order valence-corrected chi connectivity index (χ4v) is 2.72. The molecule has 0 saturated heterocycles. The molecule has 0 unspecified atom stereocenters. The molecular weight excluding hydrogens is 226 g/mol. The second-order valence-corrected chi connectivity index (χ2v) is 5.43. The molecule has 0 saturated carbocycles. The van der Waals surface area contributed by atoms with Crippen LogP contribution in [0.5, 0.6) is 0 Å². The van der Waals surface area contributed by atoms with E-state index in [-0.39, 0.29) is 0 Å². The number of nitrogens with two attached hydrogens (primary N) is 1. The standard InChI is InChI=1S/C12H18ClNS/c1-9(2)8-15-12-5-3-4-11(13)10(12)6-7-14/h3-5,9H,6-8,14H2,1-2H3. The molecule has 0 amide bonds. The largest absolute Gasteiger partial charge is 0.330 e. The third kappa shape index (κ3) is 4.06. The van der Waals surface area contributed by atoms with E-state index in [0.29, 0.717) is 12.5 Å². The molecule has 3 heteroatoms. The highest BCUT2D eigenvalue weighted by molar-refractivity contribution is 7.99. The zero-order chi connectivity index (χ0) is 11.3. The lowest BCUT2D eigenvalue weighted by Crippen LogP contribution is -2.04. The summed E-state index contributed by atoms with van der Waals surface area (Å²) in [5, 5.41) is 0.842. The van der Waals surface area contributed by atoms with E-state index >= 15 is 0 Å². The first-order valence-corrected chi connectivity index (χ1v) is 6.61. The van der Waals surface area contributed by atoms with E-state index in [1.165, 1.54) is 10.5 Å². The molecule has 1 aromatic carbocycles. The van der Waals surface area contributed by atoms with Crippen molar-refractivity contribution in [2.24, 2.45) is 11.7 Å². The van der Waals surface area contributed by atoms with Crippen molar-refractivity contribution in [2.75, 3.05) is 12.3 Å². The Morgan fingerprint density at radius 1 is 1.40 bits per heavy atom. The monoisotopic (exact) mass is 243 g/mol. The summed E-state index contributed by atoms with van der Waals surface area (Å²) < 4.78 is 0. The van der Waals surface area contributed by atoms with Crippen molar-refractivity contribution in [3.05, 3.63) is 28.8 Å². The first kappa shape index (κ1) is 12.9. The van der Waals surface area contributed by atoms with E-state index in [2.05, 4.69) is 19.9 Å². The lowest BCUT2D eigenvalue weighted by Gasteiger charge is -2.11. The van der Waals surface area contributed by atoms with Crippen molar-refractivity contribution < 1.29 is 0 Å². The zero-order valence-corrected chi connectivity index (χ0v) is 10.9. The fourth-order valence-electron chi connectivity index (χ4n) is 1.32. The van der Waals surface area contributed by atoms with Gasteiger partial charge in [-0.2, -0.15) is 0 Å². The lowest BCUT2D eigenvalue weighted by atomic mass is 10.1. The Kier molecular flexibility index (Phi) is 5.51. The lowest BCUT2D eigenvalue weighted by molar-refractivity contribution is 0.750. The molecule has 1 nitrogen and oxygen atoms in total. The molecule has 0 fully saturated rings. The summed E-state index contributed by atoms with van der Waals surface area (Å²) in [6.45, 7) is 5.10. The normalized spacial score (nSPS) is 11.0. The van der Waals surface area contributed by atoms with Crippen LogP contribution < -0.4 is 5.73 Å². The third-order valence-corrected chi connectivity index (χ3v) is 3.92. The number of hydrogen-bond donors (Lipinski definition) is 1. The molecule has 0 aromatic heterocycles. The highest BCUT2D eigenvalue weighted by Crippen LogP contribution is 2.29. The molecule has 0 atom stereocenters. The van der Waals surface area contributed by atoms with Gasteiger partial charge in [0, 0.05) is 15.7 Å². The number of benzene rings is 1. The van der Waals surface area contributed by atoms with Crippen LogP contribution in [-0.2, 0) is 6.42 Å². The van der Waals surface area contributed by atoms with E-state index in [9.17, 15) is 0 Å². The van der Waals surface area contributed by atoms with Crippen molar-refractivity contribution in [2.45, 2.75) is 25.2 Å². The van der Waals surface area contributed by atoms with Crippen LogP contribution in [0.15, 0.2) is 23.1 Å². The van der Waals surface area contributed by atoms with Gasteiger partial charge in [0.05, 0.1) is 0 Å². The van der Waals surface area contributed by atoms with Gasteiger partial charge in [-0.05, 0) is 36.6 Å². The third-order valence-electron chi connectivity index (χ3n) is 2.04. The molecule has 1 rings (SSSR count). The molecule has 2 N–H and O–H groups in total. The summed E-state index contributed by atoms with van der Waals surface area (Å²) >= 11 is 8.02. The molecule has 84 valence electrons. The zero-order valence-electron chi connectivity index (χ0n) is 9.29. The van der Waals surface area contributed by atoms with Crippen LogP contribution in [-0.4, -0.2) is 12.3 Å². The molecule has 15 heavy (non-hydrogen) atoms. The Morgan fingerprint density at radius 3 is 2.73 bits per heavy atom. The predicted molar refractivity (Wildman–Crippen MR) is 69.8 cm³/mol. The average Bonchev–Trinajstić information content (AvgIpc) is 2.19. The fraction of sp³-hybridized carbons (Fsp3) is 0.500. The Bertz CT molecular complexity index is 312. The Hall–Kier alpha value is -0.180. The Labute approximate surface area is 101 Å². The van der Waals surface area contributed by atoms with Gasteiger partial charge >= 0.3 is 0 Å². The van der Waals surface area contributed by atoms with Crippen LogP contribution in [0.3, 0.4) is 0 Å². The van der Waals surface area contributed by atoms with E-state index < -0.39 is 0 Å². The summed E-state index contributed by atoms with van der Waals surface area (Å²) in [4.78, 5) is 1.28. The van der Waals surface area contributed by atoms with Crippen molar-refractivity contribution >= 4 is 23.4 Å². The van der Waals surface area contributed by atoms with Gasteiger partial charge in [0.15, 0.2) is 0 Å².